The van der Waals surface area contributed by atoms with Crippen LogP contribution in [0.1, 0.15) is 45.7 Å². The Balaban J connectivity index is 2.36. The van der Waals surface area contributed by atoms with Crippen molar-refractivity contribution in [1.29, 1.82) is 0 Å². The molecule has 0 saturated carbocycles. The van der Waals surface area contributed by atoms with Gasteiger partial charge in [-0.1, -0.05) is 44.2 Å². The van der Waals surface area contributed by atoms with Crippen molar-refractivity contribution in [1.82, 2.24) is 4.98 Å². The van der Waals surface area contributed by atoms with Crippen LogP contribution < -0.4 is 0 Å². The van der Waals surface area contributed by atoms with Gasteiger partial charge in [-0.15, -0.1) is 11.3 Å². The Morgan fingerprint density at radius 3 is 2.41 bits per heavy atom. The van der Waals surface area contributed by atoms with E-state index in [0.717, 1.165) is 10.6 Å². The molecule has 1 heterocycles. The molecule has 0 spiro atoms. The number of carbonyl (C=O) groups excluding carboxylic acids is 1. The largest absolute Gasteiger partial charge is 0.286 e. The van der Waals surface area contributed by atoms with Crippen LogP contribution in [0.25, 0.3) is 0 Å². The van der Waals surface area contributed by atoms with Crippen LogP contribution in [-0.4, -0.2) is 10.8 Å². The van der Waals surface area contributed by atoms with Crippen molar-refractivity contribution in [3.63, 3.8) is 0 Å². The average Bonchev–Trinajstić information content (AvgIpc) is 2.71. The van der Waals surface area contributed by atoms with Gasteiger partial charge in [0.2, 0.25) is 5.78 Å². The summed E-state index contributed by atoms with van der Waals surface area (Å²) in [6.07, 6.45) is 0. The van der Waals surface area contributed by atoms with E-state index in [2.05, 4.69) is 18.8 Å². The molecule has 0 aliphatic carbocycles. The first kappa shape index (κ1) is 12.0. The fourth-order valence-electron chi connectivity index (χ4n) is 1.75. The lowest BCUT2D eigenvalue weighted by Gasteiger charge is -1.99. The third-order valence-electron chi connectivity index (χ3n) is 2.61. The van der Waals surface area contributed by atoms with Crippen LogP contribution in [0, 0.1) is 6.92 Å². The van der Waals surface area contributed by atoms with E-state index in [4.69, 9.17) is 0 Å². The number of aryl methyl sites for hydroxylation is 1. The summed E-state index contributed by atoms with van der Waals surface area (Å²) in [6, 6.07) is 9.31. The van der Waals surface area contributed by atoms with E-state index in [0.29, 0.717) is 16.5 Å². The molecule has 2 aromatic rings. The van der Waals surface area contributed by atoms with E-state index < -0.39 is 0 Å². The van der Waals surface area contributed by atoms with Crippen molar-refractivity contribution < 1.29 is 4.79 Å². The van der Waals surface area contributed by atoms with E-state index in [1.54, 1.807) is 0 Å². The van der Waals surface area contributed by atoms with Crippen LogP contribution in [0.5, 0.6) is 0 Å². The molecular formula is C14H15NOS. The molecule has 0 fully saturated rings. The van der Waals surface area contributed by atoms with Gasteiger partial charge in [0.15, 0.2) is 5.01 Å². The van der Waals surface area contributed by atoms with E-state index in [-0.39, 0.29) is 5.78 Å². The minimum absolute atomic E-state index is 0.0191. The van der Waals surface area contributed by atoms with Crippen LogP contribution in [0.15, 0.2) is 30.3 Å². The monoisotopic (exact) mass is 245 g/mol. The van der Waals surface area contributed by atoms with Crippen LogP contribution in [0.2, 0.25) is 0 Å². The van der Waals surface area contributed by atoms with Crippen molar-refractivity contribution in [2.45, 2.75) is 26.7 Å². The first-order valence-corrected chi connectivity index (χ1v) is 6.48. The lowest BCUT2D eigenvalue weighted by atomic mass is 10.1. The van der Waals surface area contributed by atoms with E-state index in [9.17, 15) is 4.79 Å². The zero-order valence-electron chi connectivity index (χ0n) is 10.2. The number of benzene rings is 1. The van der Waals surface area contributed by atoms with Crippen molar-refractivity contribution in [2.24, 2.45) is 0 Å². The van der Waals surface area contributed by atoms with Crippen molar-refractivity contribution in [3.8, 4) is 0 Å². The Kier molecular flexibility index (Phi) is 3.38. The summed E-state index contributed by atoms with van der Waals surface area (Å²) in [7, 11) is 0. The molecule has 17 heavy (non-hydrogen) atoms. The molecule has 0 aliphatic heterocycles. The first-order chi connectivity index (χ1) is 8.09. The molecule has 2 rings (SSSR count). The average molecular weight is 245 g/mol. The van der Waals surface area contributed by atoms with Crippen molar-refractivity contribution >= 4 is 17.1 Å². The second kappa shape index (κ2) is 4.80. The smallest absolute Gasteiger partial charge is 0.221 e. The molecule has 1 aromatic carbocycles. The third kappa shape index (κ3) is 2.44. The zero-order chi connectivity index (χ0) is 12.4. The Bertz CT molecular complexity index is 528. The number of carbonyl (C=O) groups is 1. The van der Waals surface area contributed by atoms with Gasteiger partial charge < -0.3 is 0 Å². The number of ketones is 1. The van der Waals surface area contributed by atoms with E-state index in [1.807, 2.05) is 37.3 Å². The summed E-state index contributed by atoms with van der Waals surface area (Å²) in [4.78, 5) is 17.8. The molecule has 0 saturated heterocycles. The molecule has 0 radical (unpaired) electrons. The van der Waals surface area contributed by atoms with Gasteiger partial charge in [0.1, 0.15) is 0 Å². The van der Waals surface area contributed by atoms with Gasteiger partial charge in [0.05, 0.1) is 5.69 Å². The highest BCUT2D eigenvalue weighted by Crippen LogP contribution is 2.25. The second-order valence-electron chi connectivity index (χ2n) is 4.31. The minimum atomic E-state index is 0.0191. The molecule has 3 heteroatoms. The van der Waals surface area contributed by atoms with Crippen LogP contribution in [-0.2, 0) is 0 Å². The number of hydrogen-bond donors (Lipinski definition) is 0. The lowest BCUT2D eigenvalue weighted by Crippen LogP contribution is -2.01. The predicted octanol–water partition coefficient (Wildman–Crippen LogP) is 3.81. The standard InChI is InChI=1S/C14H15NOS/c1-9(2)12-10(3)17-14(15-12)13(16)11-7-5-4-6-8-11/h4-9H,1-3H3. The summed E-state index contributed by atoms with van der Waals surface area (Å²) in [5.74, 6) is 0.383. The quantitative estimate of drug-likeness (QED) is 0.770. The number of rotatable bonds is 3. The van der Waals surface area contributed by atoms with Crippen LogP contribution >= 0.6 is 11.3 Å². The first-order valence-electron chi connectivity index (χ1n) is 5.66. The predicted molar refractivity (Wildman–Crippen MR) is 70.8 cm³/mol. The zero-order valence-corrected chi connectivity index (χ0v) is 11.0. The van der Waals surface area contributed by atoms with Gasteiger partial charge in [-0.05, 0) is 12.8 Å². The maximum absolute atomic E-state index is 12.2. The normalized spacial score (nSPS) is 10.8. The molecule has 2 nitrogen and oxygen atoms in total. The number of thiazole rings is 1. The molecular weight excluding hydrogens is 230 g/mol. The molecule has 0 N–H and O–H groups in total. The molecule has 0 unspecified atom stereocenters. The Morgan fingerprint density at radius 1 is 1.24 bits per heavy atom. The molecule has 88 valence electrons. The van der Waals surface area contributed by atoms with Gasteiger partial charge in [-0.25, -0.2) is 4.98 Å². The summed E-state index contributed by atoms with van der Waals surface area (Å²) in [5, 5.41) is 0.595. The van der Waals surface area contributed by atoms with Gasteiger partial charge in [0.25, 0.3) is 0 Å². The molecule has 0 atom stereocenters. The maximum atomic E-state index is 12.2. The lowest BCUT2D eigenvalue weighted by molar-refractivity contribution is 0.103. The van der Waals surface area contributed by atoms with E-state index in [1.165, 1.54) is 11.3 Å². The van der Waals surface area contributed by atoms with Gasteiger partial charge in [0, 0.05) is 10.4 Å². The summed E-state index contributed by atoms with van der Waals surface area (Å²) < 4.78 is 0. The Labute approximate surface area is 105 Å². The highest BCUT2D eigenvalue weighted by atomic mass is 32.1. The number of hydrogen-bond acceptors (Lipinski definition) is 3. The fraction of sp³-hybridized carbons (Fsp3) is 0.286. The van der Waals surface area contributed by atoms with Crippen LogP contribution in [0.4, 0.5) is 0 Å². The summed E-state index contributed by atoms with van der Waals surface area (Å²) >= 11 is 1.48. The summed E-state index contributed by atoms with van der Waals surface area (Å²) in [6.45, 7) is 6.21. The van der Waals surface area contributed by atoms with E-state index >= 15 is 0 Å². The highest BCUT2D eigenvalue weighted by Gasteiger charge is 2.17. The minimum Gasteiger partial charge on any atom is -0.286 e. The number of aromatic nitrogens is 1. The molecule has 0 aliphatic rings. The highest BCUT2D eigenvalue weighted by molar-refractivity contribution is 7.13. The Morgan fingerprint density at radius 2 is 1.88 bits per heavy atom. The Hall–Kier alpha value is -1.48. The second-order valence-corrected chi connectivity index (χ2v) is 5.51. The molecule has 1 aromatic heterocycles. The van der Waals surface area contributed by atoms with Gasteiger partial charge in [-0.2, -0.15) is 0 Å². The topological polar surface area (TPSA) is 30.0 Å². The maximum Gasteiger partial charge on any atom is 0.221 e. The molecule has 0 amide bonds. The third-order valence-corrected chi connectivity index (χ3v) is 3.59. The van der Waals surface area contributed by atoms with Gasteiger partial charge in [-0.3, -0.25) is 4.79 Å². The van der Waals surface area contributed by atoms with Crippen LogP contribution in [0.3, 0.4) is 0 Å². The van der Waals surface area contributed by atoms with Gasteiger partial charge >= 0.3 is 0 Å². The SMILES string of the molecule is Cc1sc(C(=O)c2ccccc2)nc1C(C)C. The van der Waals surface area contributed by atoms with Crippen molar-refractivity contribution in [3.05, 3.63) is 51.5 Å². The fourth-order valence-corrected chi connectivity index (χ4v) is 2.78. The summed E-state index contributed by atoms with van der Waals surface area (Å²) in [5.41, 5.74) is 1.74. The van der Waals surface area contributed by atoms with Crippen molar-refractivity contribution in [2.75, 3.05) is 0 Å². The molecule has 0 bridgehead atoms. The number of nitrogens with zero attached hydrogens (tertiary/aromatic N) is 1.